The van der Waals surface area contributed by atoms with Crippen LogP contribution in [0.5, 0.6) is 0 Å². The van der Waals surface area contributed by atoms with Gasteiger partial charge in [0.05, 0.1) is 13.2 Å². The molecule has 0 amide bonds. The quantitative estimate of drug-likeness (QED) is 0.214. The summed E-state index contributed by atoms with van der Waals surface area (Å²) in [5.74, 6) is -3.31. The maximum absolute atomic E-state index is 10.00. The Morgan fingerprint density at radius 3 is 1.89 bits per heavy atom. The van der Waals surface area contributed by atoms with E-state index in [2.05, 4.69) is 0 Å². The van der Waals surface area contributed by atoms with Crippen molar-refractivity contribution in [3.05, 3.63) is 0 Å². The van der Waals surface area contributed by atoms with Crippen LogP contribution in [-0.2, 0) is 19.0 Å². The summed E-state index contributed by atoms with van der Waals surface area (Å²) < 4.78 is 15.4. The van der Waals surface area contributed by atoms with Gasteiger partial charge in [0.15, 0.2) is 6.29 Å². The van der Waals surface area contributed by atoms with E-state index in [9.17, 15) is 30.6 Å². The van der Waals surface area contributed by atoms with Crippen LogP contribution in [0.4, 0.5) is 0 Å². The topological polar surface area (TPSA) is 230 Å². The molecule has 0 aromatic heterocycles. The van der Waals surface area contributed by atoms with E-state index >= 15 is 0 Å². The lowest BCUT2D eigenvalue weighted by molar-refractivity contribution is -0.383. The van der Waals surface area contributed by atoms with E-state index < -0.39 is 80.6 Å². The standard InChI is InChI=1S/C12H22O11.C2H4O2/c13-1-4-6(16)8(18)9(19)11(21-4)23-12(3-15)10(20)7(17)5(2-14)22-12;1-2(3)4/h4-11,13-20H,1-3H2;1H3,(H,3,4)/p-1/t4-,5-,6-,7-,8+,9-,10+,11-,12+;/m1./s1. The van der Waals surface area contributed by atoms with Gasteiger partial charge in [0.25, 0.3) is 0 Å². The molecule has 13 heteroatoms. The number of carboxylic acid groups (broad SMARTS) is 1. The minimum absolute atomic E-state index is 0.669. The predicted molar refractivity (Wildman–Crippen MR) is 79.3 cm³/mol. The van der Waals surface area contributed by atoms with E-state index in [-0.39, 0.29) is 0 Å². The van der Waals surface area contributed by atoms with Crippen molar-refractivity contribution in [3.8, 4) is 0 Å². The summed E-state index contributed by atoms with van der Waals surface area (Å²) in [7, 11) is 0. The fourth-order valence-corrected chi connectivity index (χ4v) is 2.63. The van der Waals surface area contributed by atoms with Crippen LogP contribution in [0, 0.1) is 0 Å². The van der Waals surface area contributed by atoms with Crippen LogP contribution < -0.4 is 5.11 Å². The smallest absolute Gasteiger partial charge is 0.224 e. The number of aliphatic hydroxyl groups is 8. The van der Waals surface area contributed by atoms with Gasteiger partial charge >= 0.3 is 0 Å². The molecule has 0 radical (unpaired) electrons. The van der Waals surface area contributed by atoms with Crippen molar-refractivity contribution >= 4 is 5.97 Å². The second-order valence-electron chi connectivity index (χ2n) is 6.05. The number of carbonyl (C=O) groups is 1. The van der Waals surface area contributed by atoms with Crippen LogP contribution in [-0.4, -0.2) is 121 Å². The van der Waals surface area contributed by atoms with E-state index in [0.717, 1.165) is 6.92 Å². The highest BCUT2D eigenvalue weighted by Gasteiger charge is 2.58. The molecule has 0 aromatic rings. The van der Waals surface area contributed by atoms with Crippen molar-refractivity contribution in [3.63, 3.8) is 0 Å². The van der Waals surface area contributed by atoms with Crippen LogP contribution in [0.3, 0.4) is 0 Å². The zero-order valence-electron chi connectivity index (χ0n) is 14.4. The van der Waals surface area contributed by atoms with Gasteiger partial charge in [0.1, 0.15) is 49.3 Å². The molecular weight excluding hydrogens is 376 g/mol. The van der Waals surface area contributed by atoms with E-state index in [0.29, 0.717) is 0 Å². The van der Waals surface area contributed by atoms with E-state index in [1.807, 2.05) is 0 Å². The number of ether oxygens (including phenoxy) is 3. The van der Waals surface area contributed by atoms with Crippen molar-refractivity contribution < 1.29 is 65.0 Å². The van der Waals surface area contributed by atoms with E-state index in [4.69, 9.17) is 34.3 Å². The third-order valence-electron chi connectivity index (χ3n) is 4.07. The maximum Gasteiger partial charge on any atom is 0.224 e. The van der Waals surface area contributed by atoms with Gasteiger partial charge in [-0.3, -0.25) is 0 Å². The van der Waals surface area contributed by atoms with Crippen LogP contribution in [0.25, 0.3) is 0 Å². The molecule has 0 saturated carbocycles. The summed E-state index contributed by atoms with van der Waals surface area (Å²) in [5.41, 5.74) is 0. The lowest BCUT2D eigenvalue weighted by atomic mass is 9.99. The highest BCUT2D eigenvalue weighted by Crippen LogP contribution is 2.35. The average Bonchev–Trinajstić information content (AvgIpc) is 2.86. The summed E-state index contributed by atoms with van der Waals surface area (Å²) >= 11 is 0. The second kappa shape index (κ2) is 9.99. The maximum atomic E-state index is 10.00. The summed E-state index contributed by atoms with van der Waals surface area (Å²) in [4.78, 5) is 8.89. The minimum Gasteiger partial charge on any atom is -0.550 e. The van der Waals surface area contributed by atoms with Crippen molar-refractivity contribution in [2.75, 3.05) is 19.8 Å². The van der Waals surface area contributed by atoms with Gasteiger partial charge < -0.3 is 65.0 Å². The number of hydrogen-bond acceptors (Lipinski definition) is 13. The second-order valence-corrected chi connectivity index (χ2v) is 6.05. The molecule has 9 atom stereocenters. The Labute approximate surface area is 153 Å². The molecule has 2 saturated heterocycles. The molecule has 27 heavy (non-hydrogen) atoms. The fourth-order valence-electron chi connectivity index (χ4n) is 2.63. The Morgan fingerprint density at radius 1 is 0.963 bits per heavy atom. The summed E-state index contributed by atoms with van der Waals surface area (Å²) in [6, 6.07) is 0. The first-order valence-corrected chi connectivity index (χ1v) is 7.96. The Hall–Kier alpha value is -0.970. The molecule has 2 heterocycles. The predicted octanol–water partition coefficient (Wildman–Crippen LogP) is -6.64. The highest BCUT2D eigenvalue weighted by molar-refractivity contribution is 5.60. The van der Waals surface area contributed by atoms with Crippen molar-refractivity contribution in [2.45, 2.75) is 61.7 Å². The molecule has 2 rings (SSSR count). The van der Waals surface area contributed by atoms with Gasteiger partial charge in [0, 0.05) is 5.97 Å². The zero-order chi connectivity index (χ0) is 20.9. The summed E-state index contributed by atoms with van der Waals surface area (Å²) in [5, 5.41) is 85.6. The summed E-state index contributed by atoms with van der Waals surface area (Å²) in [6.07, 6.45) is -12.7. The van der Waals surface area contributed by atoms with Crippen LogP contribution in [0.1, 0.15) is 6.92 Å². The summed E-state index contributed by atoms with van der Waals surface area (Å²) in [6.45, 7) is -1.35. The van der Waals surface area contributed by atoms with Gasteiger partial charge in [-0.15, -0.1) is 0 Å². The van der Waals surface area contributed by atoms with Gasteiger partial charge in [-0.05, 0) is 6.92 Å². The number of aliphatic carboxylic acids is 1. The Kier molecular flexibility index (Phi) is 8.91. The lowest BCUT2D eigenvalue weighted by Crippen LogP contribution is -2.62. The molecular formula is C14H25O13-. The lowest BCUT2D eigenvalue weighted by Gasteiger charge is -2.43. The molecule has 0 aliphatic carbocycles. The monoisotopic (exact) mass is 401 g/mol. The third kappa shape index (κ3) is 5.30. The molecule has 2 fully saturated rings. The SMILES string of the molecule is CC(=O)[O-].OC[C@H]1O[C@@](CO)(O[C@H]2O[C@H](CO)[C@@H](O)[C@H](O)[C@H]2O)[C@@H](O)[C@@H]1O. The zero-order valence-corrected chi connectivity index (χ0v) is 14.4. The highest BCUT2D eigenvalue weighted by atomic mass is 16.8. The van der Waals surface area contributed by atoms with Gasteiger partial charge in [0.2, 0.25) is 5.79 Å². The molecule has 0 bridgehead atoms. The first-order chi connectivity index (χ1) is 12.5. The molecule has 0 aromatic carbocycles. The number of aliphatic hydroxyl groups excluding tert-OH is 8. The van der Waals surface area contributed by atoms with Gasteiger partial charge in [-0.1, -0.05) is 0 Å². The van der Waals surface area contributed by atoms with Crippen LogP contribution in [0.15, 0.2) is 0 Å². The fraction of sp³-hybridized carbons (Fsp3) is 0.929. The Morgan fingerprint density at radius 2 is 1.48 bits per heavy atom. The first kappa shape index (κ1) is 24.1. The van der Waals surface area contributed by atoms with Crippen LogP contribution >= 0.6 is 0 Å². The molecule has 2 aliphatic heterocycles. The Bertz CT molecular complexity index is 470. The van der Waals surface area contributed by atoms with E-state index in [1.54, 1.807) is 0 Å². The molecule has 8 N–H and O–H groups in total. The van der Waals surface area contributed by atoms with Gasteiger partial charge in [-0.25, -0.2) is 0 Å². The molecule has 13 nitrogen and oxygen atoms in total. The largest absolute Gasteiger partial charge is 0.550 e. The molecule has 0 unspecified atom stereocenters. The number of hydrogen-bond donors (Lipinski definition) is 8. The molecule has 0 spiro atoms. The molecule has 2 aliphatic rings. The number of carbonyl (C=O) groups excluding carboxylic acids is 1. The van der Waals surface area contributed by atoms with Crippen molar-refractivity contribution in [1.29, 1.82) is 0 Å². The first-order valence-electron chi connectivity index (χ1n) is 7.96. The number of rotatable bonds is 5. The third-order valence-corrected chi connectivity index (χ3v) is 4.07. The van der Waals surface area contributed by atoms with Crippen molar-refractivity contribution in [2.24, 2.45) is 0 Å². The van der Waals surface area contributed by atoms with Gasteiger partial charge in [-0.2, -0.15) is 0 Å². The van der Waals surface area contributed by atoms with Crippen LogP contribution in [0.2, 0.25) is 0 Å². The number of carboxylic acids is 1. The molecule has 160 valence electrons. The average molecular weight is 401 g/mol. The Balaban J connectivity index is 0.000000828. The van der Waals surface area contributed by atoms with Crippen molar-refractivity contribution in [1.82, 2.24) is 0 Å². The van der Waals surface area contributed by atoms with E-state index in [1.165, 1.54) is 0 Å². The minimum atomic E-state index is -2.22. The normalized spacial score (nSPS) is 44.5.